The van der Waals surface area contributed by atoms with Crippen molar-refractivity contribution in [1.82, 2.24) is 10.3 Å². The standard InChI is InChI=1S/C20H18N4O3/c1-22-17(25)7-8-18(26)24-13-4-2-3-12(11-13)14-5-6-16(20(21)27)19-15(14)9-10-23-19/h2-11,23H,1H3,(H2,21,27)(H,22,25)(H,24,26). The molecule has 0 fully saturated rings. The number of nitrogens with two attached hydrogens (primary N) is 1. The molecule has 0 spiro atoms. The summed E-state index contributed by atoms with van der Waals surface area (Å²) >= 11 is 0. The maximum atomic E-state index is 11.9. The van der Waals surface area contributed by atoms with Crippen LogP contribution in [0.15, 0.2) is 60.8 Å². The Hall–Kier alpha value is -3.87. The first-order valence-corrected chi connectivity index (χ1v) is 8.20. The highest BCUT2D eigenvalue weighted by Gasteiger charge is 2.12. The summed E-state index contributed by atoms with van der Waals surface area (Å²) in [5.74, 6) is -1.27. The molecule has 0 atom stereocenters. The molecule has 0 radical (unpaired) electrons. The van der Waals surface area contributed by atoms with Crippen LogP contribution in [-0.2, 0) is 9.59 Å². The summed E-state index contributed by atoms with van der Waals surface area (Å²) in [5, 5.41) is 5.97. The molecule has 27 heavy (non-hydrogen) atoms. The second kappa shape index (κ2) is 7.57. The third-order valence-corrected chi connectivity index (χ3v) is 4.06. The van der Waals surface area contributed by atoms with E-state index < -0.39 is 11.8 Å². The van der Waals surface area contributed by atoms with Crippen molar-refractivity contribution < 1.29 is 14.4 Å². The van der Waals surface area contributed by atoms with E-state index in [0.29, 0.717) is 16.8 Å². The van der Waals surface area contributed by atoms with Gasteiger partial charge in [0.15, 0.2) is 0 Å². The molecule has 1 heterocycles. The molecule has 2 aromatic carbocycles. The topological polar surface area (TPSA) is 117 Å². The fraction of sp³-hybridized carbons (Fsp3) is 0.0500. The average molecular weight is 362 g/mol. The van der Waals surface area contributed by atoms with Gasteiger partial charge in [0, 0.05) is 36.5 Å². The van der Waals surface area contributed by atoms with Crippen LogP contribution in [0.5, 0.6) is 0 Å². The lowest BCUT2D eigenvalue weighted by Gasteiger charge is -2.09. The monoisotopic (exact) mass is 362 g/mol. The molecule has 3 rings (SSSR count). The third kappa shape index (κ3) is 3.87. The van der Waals surface area contributed by atoms with Crippen LogP contribution in [0.4, 0.5) is 5.69 Å². The lowest BCUT2D eigenvalue weighted by Crippen LogP contribution is -2.16. The van der Waals surface area contributed by atoms with Gasteiger partial charge in [0.1, 0.15) is 0 Å². The molecule has 0 saturated heterocycles. The van der Waals surface area contributed by atoms with Crippen molar-refractivity contribution in [2.75, 3.05) is 12.4 Å². The Morgan fingerprint density at radius 2 is 1.81 bits per heavy atom. The van der Waals surface area contributed by atoms with Gasteiger partial charge in [-0.1, -0.05) is 18.2 Å². The first kappa shape index (κ1) is 17.9. The molecular weight excluding hydrogens is 344 g/mol. The molecule has 3 amide bonds. The number of likely N-dealkylation sites (N-methyl/N-ethyl adjacent to an activating group) is 1. The van der Waals surface area contributed by atoms with Crippen molar-refractivity contribution in [2.45, 2.75) is 0 Å². The number of benzene rings is 2. The van der Waals surface area contributed by atoms with Crippen LogP contribution in [-0.4, -0.2) is 29.8 Å². The Kier molecular flexibility index (Phi) is 5.03. The van der Waals surface area contributed by atoms with E-state index in [9.17, 15) is 14.4 Å². The number of H-pyrrole nitrogens is 1. The van der Waals surface area contributed by atoms with E-state index in [-0.39, 0.29) is 5.91 Å². The van der Waals surface area contributed by atoms with Crippen molar-refractivity contribution in [3.8, 4) is 11.1 Å². The average Bonchev–Trinajstić information content (AvgIpc) is 3.15. The zero-order chi connectivity index (χ0) is 19.4. The number of hydrogen-bond acceptors (Lipinski definition) is 3. The smallest absolute Gasteiger partial charge is 0.250 e. The van der Waals surface area contributed by atoms with Gasteiger partial charge < -0.3 is 21.4 Å². The van der Waals surface area contributed by atoms with Crippen molar-refractivity contribution in [1.29, 1.82) is 0 Å². The SMILES string of the molecule is CNC(=O)C=CC(=O)Nc1cccc(-c2ccc(C(N)=O)c3[nH]ccc23)c1. The van der Waals surface area contributed by atoms with E-state index in [1.807, 2.05) is 30.3 Å². The first-order chi connectivity index (χ1) is 13.0. The predicted molar refractivity (Wildman–Crippen MR) is 104 cm³/mol. The zero-order valence-electron chi connectivity index (χ0n) is 14.6. The highest BCUT2D eigenvalue weighted by atomic mass is 16.2. The molecule has 136 valence electrons. The quantitative estimate of drug-likeness (QED) is 0.521. The number of nitrogens with one attached hydrogen (secondary N) is 3. The number of anilines is 1. The Morgan fingerprint density at radius 3 is 2.56 bits per heavy atom. The summed E-state index contributed by atoms with van der Waals surface area (Å²) in [6.07, 6.45) is 4.07. The minimum Gasteiger partial charge on any atom is -0.366 e. The fourth-order valence-electron chi connectivity index (χ4n) is 2.80. The van der Waals surface area contributed by atoms with Crippen LogP contribution in [0.3, 0.4) is 0 Å². The molecule has 0 unspecified atom stereocenters. The molecule has 0 saturated carbocycles. The summed E-state index contributed by atoms with van der Waals surface area (Å²) in [7, 11) is 1.49. The van der Waals surface area contributed by atoms with Gasteiger partial charge >= 0.3 is 0 Å². The molecule has 0 aliphatic heterocycles. The minimum atomic E-state index is -0.502. The lowest BCUT2D eigenvalue weighted by molar-refractivity contribution is -0.117. The van der Waals surface area contributed by atoms with Crippen molar-refractivity contribution in [3.63, 3.8) is 0 Å². The highest BCUT2D eigenvalue weighted by Crippen LogP contribution is 2.31. The van der Waals surface area contributed by atoms with Gasteiger partial charge in [-0.25, -0.2) is 0 Å². The molecular formula is C20H18N4O3. The summed E-state index contributed by atoms with van der Waals surface area (Å²) in [5.41, 5.74) is 8.86. The minimum absolute atomic E-state index is 0.358. The van der Waals surface area contributed by atoms with Gasteiger partial charge in [0.05, 0.1) is 11.1 Å². The van der Waals surface area contributed by atoms with Crippen LogP contribution in [0.2, 0.25) is 0 Å². The summed E-state index contributed by atoms with van der Waals surface area (Å²) in [6, 6.07) is 12.7. The van der Waals surface area contributed by atoms with E-state index in [1.165, 1.54) is 7.05 Å². The first-order valence-electron chi connectivity index (χ1n) is 8.20. The number of aromatic amines is 1. The molecule has 3 aromatic rings. The Labute approximate surface area is 155 Å². The third-order valence-electron chi connectivity index (χ3n) is 4.06. The second-order valence-electron chi connectivity index (χ2n) is 5.81. The van der Waals surface area contributed by atoms with E-state index in [0.717, 1.165) is 28.7 Å². The molecule has 5 N–H and O–H groups in total. The van der Waals surface area contributed by atoms with Crippen LogP contribution in [0.25, 0.3) is 22.0 Å². The van der Waals surface area contributed by atoms with Crippen LogP contribution in [0, 0.1) is 0 Å². The number of carbonyl (C=O) groups excluding carboxylic acids is 3. The van der Waals surface area contributed by atoms with E-state index in [4.69, 9.17) is 5.73 Å². The number of rotatable bonds is 5. The fourth-order valence-corrected chi connectivity index (χ4v) is 2.80. The van der Waals surface area contributed by atoms with Gasteiger partial charge in [-0.3, -0.25) is 14.4 Å². The molecule has 1 aromatic heterocycles. The number of amides is 3. The Balaban J connectivity index is 1.91. The van der Waals surface area contributed by atoms with Gasteiger partial charge in [-0.2, -0.15) is 0 Å². The number of aromatic nitrogens is 1. The molecule has 7 heteroatoms. The summed E-state index contributed by atoms with van der Waals surface area (Å²) in [4.78, 5) is 37.7. The largest absolute Gasteiger partial charge is 0.366 e. The Morgan fingerprint density at radius 1 is 1.04 bits per heavy atom. The molecule has 0 aliphatic rings. The van der Waals surface area contributed by atoms with Gasteiger partial charge in [-0.15, -0.1) is 0 Å². The van der Waals surface area contributed by atoms with Crippen LogP contribution < -0.4 is 16.4 Å². The molecule has 0 aliphatic carbocycles. The van der Waals surface area contributed by atoms with E-state index in [2.05, 4.69) is 15.6 Å². The van der Waals surface area contributed by atoms with E-state index in [1.54, 1.807) is 18.3 Å². The zero-order valence-corrected chi connectivity index (χ0v) is 14.6. The van der Waals surface area contributed by atoms with Gasteiger partial charge in [-0.05, 0) is 35.4 Å². The summed E-state index contributed by atoms with van der Waals surface area (Å²) in [6.45, 7) is 0. The molecule has 7 nitrogen and oxygen atoms in total. The number of fused-ring (bicyclic) bond motifs is 1. The normalized spacial score (nSPS) is 10.9. The van der Waals surface area contributed by atoms with Crippen LogP contribution >= 0.6 is 0 Å². The van der Waals surface area contributed by atoms with Crippen LogP contribution in [0.1, 0.15) is 10.4 Å². The summed E-state index contributed by atoms with van der Waals surface area (Å²) < 4.78 is 0. The number of carbonyl (C=O) groups is 3. The second-order valence-corrected chi connectivity index (χ2v) is 5.81. The van der Waals surface area contributed by atoms with Crippen molar-refractivity contribution in [2.24, 2.45) is 5.73 Å². The number of primary amides is 1. The lowest BCUT2D eigenvalue weighted by atomic mass is 9.98. The maximum Gasteiger partial charge on any atom is 0.250 e. The van der Waals surface area contributed by atoms with Gasteiger partial charge in [0.2, 0.25) is 11.8 Å². The van der Waals surface area contributed by atoms with Crippen molar-refractivity contribution in [3.05, 3.63) is 66.4 Å². The molecule has 0 bridgehead atoms. The van der Waals surface area contributed by atoms with Gasteiger partial charge in [0.25, 0.3) is 5.91 Å². The van der Waals surface area contributed by atoms with Crippen molar-refractivity contribution >= 4 is 34.3 Å². The highest BCUT2D eigenvalue weighted by molar-refractivity contribution is 6.09. The Bertz CT molecular complexity index is 1070. The van der Waals surface area contributed by atoms with E-state index >= 15 is 0 Å². The maximum absolute atomic E-state index is 11.9. The predicted octanol–water partition coefficient (Wildman–Crippen LogP) is 2.17. The number of hydrogen-bond donors (Lipinski definition) is 4.